The number of hydrogen-bond acceptors (Lipinski definition) is 3. The number of nitrogens with one attached hydrogen (secondary N) is 2. The molecule has 0 aromatic heterocycles. The van der Waals surface area contributed by atoms with Gasteiger partial charge in [0.25, 0.3) is 0 Å². The molecule has 14 heavy (non-hydrogen) atoms. The number of anilines is 1. The van der Waals surface area contributed by atoms with E-state index in [4.69, 9.17) is 23.2 Å². The molecule has 0 saturated heterocycles. The fraction of sp³-hybridized carbons (Fsp3) is 0.222. The summed E-state index contributed by atoms with van der Waals surface area (Å²) in [5.74, 6) is 0.804. The Morgan fingerprint density at radius 3 is 2.86 bits per heavy atom. The minimum atomic E-state index is -0.333. The minimum Gasteiger partial charge on any atom is -0.342 e. The van der Waals surface area contributed by atoms with E-state index in [2.05, 4.69) is 15.6 Å². The first kappa shape index (κ1) is 9.77. The summed E-state index contributed by atoms with van der Waals surface area (Å²) in [6, 6.07) is 7.51. The first-order chi connectivity index (χ1) is 6.75. The van der Waals surface area contributed by atoms with E-state index in [1.165, 1.54) is 0 Å². The van der Waals surface area contributed by atoms with Gasteiger partial charge in [0.05, 0.1) is 17.3 Å². The van der Waals surface area contributed by atoms with Crippen LogP contribution in [0.3, 0.4) is 0 Å². The SMILES string of the molecule is Clc1ccccc1NC1=NC(Cl)NC1. The van der Waals surface area contributed by atoms with Gasteiger partial charge in [-0.1, -0.05) is 35.3 Å². The maximum Gasteiger partial charge on any atom is 0.178 e. The van der Waals surface area contributed by atoms with Crippen LogP contribution in [0.4, 0.5) is 5.69 Å². The van der Waals surface area contributed by atoms with Crippen LogP contribution in [0, 0.1) is 0 Å². The molecule has 1 unspecified atom stereocenters. The van der Waals surface area contributed by atoms with Gasteiger partial charge in [-0.25, -0.2) is 4.99 Å². The molecule has 2 rings (SSSR count). The summed E-state index contributed by atoms with van der Waals surface area (Å²) < 4.78 is 0. The molecular formula is C9H9Cl2N3. The highest BCUT2D eigenvalue weighted by Gasteiger charge is 2.13. The Morgan fingerprint density at radius 2 is 2.21 bits per heavy atom. The number of aliphatic imine (C=N–C) groups is 1. The standard InChI is InChI=1S/C9H9Cl2N3/c10-6-3-1-2-4-7(6)13-8-5-12-9(11)14-8/h1-4,9,12H,5H2,(H,13,14). The Balaban J connectivity index is 2.12. The van der Waals surface area contributed by atoms with Crippen LogP contribution in [0.2, 0.25) is 5.02 Å². The monoisotopic (exact) mass is 229 g/mol. The number of hydrogen-bond donors (Lipinski definition) is 2. The van der Waals surface area contributed by atoms with Crippen molar-refractivity contribution in [2.45, 2.75) is 5.62 Å². The molecule has 0 fully saturated rings. The summed E-state index contributed by atoms with van der Waals surface area (Å²) in [6.07, 6.45) is 0. The van der Waals surface area contributed by atoms with Gasteiger partial charge in [-0.15, -0.1) is 0 Å². The highest BCUT2D eigenvalue weighted by molar-refractivity contribution is 6.33. The second-order valence-corrected chi connectivity index (χ2v) is 3.72. The zero-order valence-electron chi connectivity index (χ0n) is 7.30. The largest absolute Gasteiger partial charge is 0.342 e. The summed E-state index contributed by atoms with van der Waals surface area (Å²) in [6.45, 7) is 0.638. The van der Waals surface area contributed by atoms with Crippen LogP contribution in [0.15, 0.2) is 29.3 Å². The highest BCUT2D eigenvalue weighted by atomic mass is 35.5. The Labute approximate surface area is 92.1 Å². The Hall–Kier alpha value is -0.770. The van der Waals surface area contributed by atoms with Crippen molar-refractivity contribution in [3.8, 4) is 0 Å². The first-order valence-electron chi connectivity index (χ1n) is 4.21. The summed E-state index contributed by atoms with van der Waals surface area (Å²) >= 11 is 11.7. The third-order valence-corrected chi connectivity index (χ3v) is 2.44. The number of halogens is 2. The van der Waals surface area contributed by atoms with E-state index in [1.54, 1.807) is 0 Å². The third-order valence-electron chi connectivity index (χ3n) is 1.86. The summed E-state index contributed by atoms with van der Waals surface area (Å²) in [5.41, 5.74) is 0.514. The molecule has 0 bridgehead atoms. The maximum atomic E-state index is 5.97. The fourth-order valence-electron chi connectivity index (χ4n) is 1.20. The van der Waals surface area contributed by atoms with Crippen LogP contribution < -0.4 is 10.6 Å². The van der Waals surface area contributed by atoms with Crippen molar-refractivity contribution in [1.82, 2.24) is 5.32 Å². The number of para-hydroxylation sites is 1. The van der Waals surface area contributed by atoms with E-state index >= 15 is 0 Å². The lowest BCUT2D eigenvalue weighted by molar-refractivity contribution is 0.784. The van der Waals surface area contributed by atoms with Gasteiger partial charge >= 0.3 is 0 Å². The molecule has 0 spiro atoms. The lowest BCUT2D eigenvalue weighted by Gasteiger charge is -2.06. The molecule has 0 aliphatic carbocycles. The predicted molar refractivity (Wildman–Crippen MR) is 60.2 cm³/mol. The van der Waals surface area contributed by atoms with Gasteiger partial charge in [-0.3, -0.25) is 5.32 Å². The molecule has 0 saturated carbocycles. The lowest BCUT2D eigenvalue weighted by Crippen LogP contribution is -2.22. The van der Waals surface area contributed by atoms with E-state index in [9.17, 15) is 0 Å². The van der Waals surface area contributed by atoms with Crippen LogP contribution in [0.5, 0.6) is 0 Å². The van der Waals surface area contributed by atoms with E-state index < -0.39 is 0 Å². The number of amidine groups is 1. The van der Waals surface area contributed by atoms with Gasteiger partial charge in [-0.2, -0.15) is 0 Å². The normalized spacial score (nSPS) is 20.7. The van der Waals surface area contributed by atoms with Gasteiger partial charge in [0.2, 0.25) is 0 Å². The van der Waals surface area contributed by atoms with E-state index in [0.717, 1.165) is 11.5 Å². The molecule has 1 aliphatic rings. The van der Waals surface area contributed by atoms with E-state index in [1.807, 2.05) is 24.3 Å². The molecule has 5 heteroatoms. The number of benzene rings is 1. The molecule has 74 valence electrons. The van der Waals surface area contributed by atoms with Crippen LogP contribution in [0.25, 0.3) is 0 Å². The highest BCUT2D eigenvalue weighted by Crippen LogP contribution is 2.20. The van der Waals surface area contributed by atoms with Crippen LogP contribution in [-0.2, 0) is 0 Å². The van der Waals surface area contributed by atoms with Crippen molar-refractivity contribution >= 4 is 34.7 Å². The fourth-order valence-corrected chi connectivity index (χ4v) is 1.58. The molecule has 1 atom stereocenters. The molecule has 1 aliphatic heterocycles. The summed E-state index contributed by atoms with van der Waals surface area (Å²) in [4.78, 5) is 4.13. The zero-order chi connectivity index (χ0) is 9.97. The van der Waals surface area contributed by atoms with Crippen LogP contribution in [0.1, 0.15) is 0 Å². The topological polar surface area (TPSA) is 36.4 Å². The van der Waals surface area contributed by atoms with Crippen molar-refractivity contribution in [2.24, 2.45) is 4.99 Å². The van der Waals surface area contributed by atoms with Gasteiger partial charge in [0, 0.05) is 0 Å². The van der Waals surface area contributed by atoms with Gasteiger partial charge in [-0.05, 0) is 12.1 Å². The molecule has 3 nitrogen and oxygen atoms in total. The summed E-state index contributed by atoms with van der Waals surface area (Å²) in [7, 11) is 0. The molecule has 0 amide bonds. The van der Waals surface area contributed by atoms with E-state index in [-0.39, 0.29) is 5.62 Å². The average molecular weight is 230 g/mol. The van der Waals surface area contributed by atoms with Crippen molar-refractivity contribution in [1.29, 1.82) is 0 Å². The molecule has 1 aromatic rings. The van der Waals surface area contributed by atoms with Gasteiger partial charge in [0.15, 0.2) is 5.62 Å². The van der Waals surface area contributed by atoms with Gasteiger partial charge in [0.1, 0.15) is 5.84 Å². The van der Waals surface area contributed by atoms with Crippen molar-refractivity contribution in [2.75, 3.05) is 11.9 Å². The zero-order valence-corrected chi connectivity index (χ0v) is 8.81. The molecule has 2 N–H and O–H groups in total. The Kier molecular flexibility index (Phi) is 2.91. The van der Waals surface area contributed by atoms with Gasteiger partial charge < -0.3 is 5.32 Å². The van der Waals surface area contributed by atoms with E-state index in [0.29, 0.717) is 11.6 Å². The second-order valence-electron chi connectivity index (χ2n) is 2.90. The number of alkyl halides is 1. The van der Waals surface area contributed by atoms with Crippen molar-refractivity contribution in [3.05, 3.63) is 29.3 Å². The molecule has 0 radical (unpaired) electrons. The first-order valence-corrected chi connectivity index (χ1v) is 5.03. The predicted octanol–water partition coefficient (Wildman–Crippen LogP) is 2.28. The number of nitrogens with zero attached hydrogens (tertiary/aromatic N) is 1. The maximum absolute atomic E-state index is 5.97. The van der Waals surface area contributed by atoms with Crippen LogP contribution >= 0.6 is 23.2 Å². The third kappa shape index (κ3) is 2.18. The van der Waals surface area contributed by atoms with Crippen molar-refractivity contribution in [3.63, 3.8) is 0 Å². The van der Waals surface area contributed by atoms with Crippen LogP contribution in [-0.4, -0.2) is 18.0 Å². The molecule has 1 aromatic carbocycles. The minimum absolute atomic E-state index is 0.333. The quantitative estimate of drug-likeness (QED) is 0.573. The smallest absolute Gasteiger partial charge is 0.178 e. The Bertz CT molecular complexity index is 365. The molecular weight excluding hydrogens is 221 g/mol. The average Bonchev–Trinajstić information content (AvgIpc) is 2.56. The molecule has 1 heterocycles. The summed E-state index contributed by atoms with van der Waals surface area (Å²) in [5, 5.41) is 6.75. The number of rotatable bonds is 1. The Morgan fingerprint density at radius 1 is 1.43 bits per heavy atom. The second kappa shape index (κ2) is 4.17. The van der Waals surface area contributed by atoms with Crippen molar-refractivity contribution < 1.29 is 0 Å². The lowest BCUT2D eigenvalue weighted by atomic mass is 10.3.